The fourth-order valence-corrected chi connectivity index (χ4v) is 13.5. The number of rotatable bonds is 29. The Hall–Kier alpha value is -3.98. The number of fused-ring (bicyclic) bond motifs is 7. The Morgan fingerprint density at radius 2 is 1.65 bits per heavy atom. The average molecular weight is 1100 g/mol. The van der Waals surface area contributed by atoms with Crippen LogP contribution in [0.5, 0.6) is 5.75 Å². The number of Topliss-reactive ketones (excluding diaryl/α,β-unsaturated/α-hetero) is 1. The van der Waals surface area contributed by atoms with Crippen molar-refractivity contribution in [3.8, 4) is 5.75 Å². The van der Waals surface area contributed by atoms with E-state index in [0.717, 1.165) is 64.2 Å². The van der Waals surface area contributed by atoms with Gasteiger partial charge in [0.2, 0.25) is 5.78 Å². The van der Waals surface area contributed by atoms with Crippen LogP contribution in [0.3, 0.4) is 0 Å². The van der Waals surface area contributed by atoms with Gasteiger partial charge < -0.3 is 58.2 Å². The number of nitrogens with one attached hydrogen (secondary N) is 1. The lowest BCUT2D eigenvalue weighted by molar-refractivity contribution is -0.937. The van der Waals surface area contributed by atoms with Crippen LogP contribution in [0.25, 0.3) is 0 Å². The van der Waals surface area contributed by atoms with Gasteiger partial charge in [-0.2, -0.15) is 0 Å². The lowest BCUT2D eigenvalue weighted by Crippen LogP contribution is -2.71. The van der Waals surface area contributed by atoms with E-state index in [9.17, 15) is 38.9 Å². The van der Waals surface area contributed by atoms with Gasteiger partial charge in [-0.15, -0.1) is 0 Å². The number of phosphoric acid groups is 1. The fourth-order valence-electron chi connectivity index (χ4n) is 13.3. The van der Waals surface area contributed by atoms with Crippen LogP contribution in [0, 0.1) is 22.7 Å². The molecular formula is C57H82F2N2O15P+. The number of hydrogen-bond donors (Lipinski definition) is 5. The third-order valence-corrected chi connectivity index (χ3v) is 17.9. The second kappa shape index (κ2) is 25.2. The molecule has 5 N–H and O–H groups in total. The van der Waals surface area contributed by atoms with Gasteiger partial charge in [-0.3, -0.25) is 9.59 Å². The molecule has 10 atom stereocenters. The Morgan fingerprint density at radius 1 is 0.935 bits per heavy atom. The van der Waals surface area contributed by atoms with Crippen molar-refractivity contribution in [1.82, 2.24) is 5.32 Å². The van der Waals surface area contributed by atoms with Crippen LogP contribution < -0.4 is 10.1 Å². The molecule has 77 heavy (non-hydrogen) atoms. The standard InChI is InChI=1S/C57H81F2N2O15P/c1-7-61(8-2,36-41-30-40(21-22-48(41)73-38-74-77(67,68)69)47(63)35-60-25-15-9-10-16-27-70-28-17-14-20-39-18-12-11-13-19-39)26-29-71-52(66)72-37-50(65)57-51(75-53(3,4)76-57)33-43-44-32-46(58)45-31-42(62)23-24-54(45,5)56(44,59)49(64)34-55(43,57)6/h11-13,18-19,21-24,30-31,43-44,46-47,49,51,60,63-64H,7-10,14-17,20,25-29,32-38H2,1-6H3,(H-,67,68,69)/p+1/t43-,44-,46-,47?,49-,51+,54-,55-,56-,57+/m0/s1. The smallest absolute Gasteiger partial charge is 0.466 e. The zero-order chi connectivity index (χ0) is 55.9. The number of carbonyl (C=O) groups is 3. The minimum absolute atomic E-state index is 0.0154. The van der Waals surface area contributed by atoms with Gasteiger partial charge in [0, 0.05) is 42.1 Å². The molecule has 4 fully saturated rings. The highest BCUT2D eigenvalue weighted by Gasteiger charge is 2.80. The molecule has 0 aromatic heterocycles. The van der Waals surface area contributed by atoms with Crippen LogP contribution in [-0.2, 0) is 55.3 Å². The summed E-state index contributed by atoms with van der Waals surface area (Å²) < 4.78 is 85.9. The summed E-state index contributed by atoms with van der Waals surface area (Å²) in [5.74, 6) is -3.95. The lowest BCUT2D eigenvalue weighted by Gasteiger charge is -2.63. The van der Waals surface area contributed by atoms with Gasteiger partial charge in [0.05, 0.1) is 31.4 Å². The third kappa shape index (κ3) is 13.3. The summed E-state index contributed by atoms with van der Waals surface area (Å²) in [5.41, 5.74) is -4.59. The van der Waals surface area contributed by atoms with E-state index in [-0.39, 0.29) is 50.3 Å². The number of likely N-dealkylation sites (N-methyl/N-ethyl adjacent to an activating group) is 1. The largest absolute Gasteiger partial charge is 0.508 e. The Balaban J connectivity index is 0.918. The van der Waals surface area contributed by atoms with Gasteiger partial charge in [-0.25, -0.2) is 22.7 Å². The summed E-state index contributed by atoms with van der Waals surface area (Å²) in [6.07, 6.45) is 4.04. The lowest BCUT2D eigenvalue weighted by atomic mass is 9.44. The van der Waals surface area contributed by atoms with E-state index in [1.165, 1.54) is 24.6 Å². The number of ketones is 2. The molecule has 1 saturated heterocycles. The molecule has 0 radical (unpaired) electrons. The molecule has 1 unspecified atom stereocenters. The summed E-state index contributed by atoms with van der Waals surface area (Å²) >= 11 is 0. The number of benzene rings is 2. The fraction of sp³-hybridized carbons (Fsp3) is 0.667. The van der Waals surface area contributed by atoms with Crippen molar-refractivity contribution >= 4 is 25.5 Å². The van der Waals surface area contributed by atoms with E-state index in [2.05, 4.69) is 34.1 Å². The summed E-state index contributed by atoms with van der Waals surface area (Å²) in [7, 11) is -4.85. The number of alkyl halides is 2. The molecule has 20 heteroatoms. The van der Waals surface area contributed by atoms with E-state index < -0.39 is 103 Å². The number of nitrogens with zero attached hydrogens (tertiary/aromatic N) is 1. The first-order valence-electron chi connectivity index (χ1n) is 27.4. The molecule has 0 bridgehead atoms. The molecule has 3 saturated carbocycles. The van der Waals surface area contributed by atoms with Crippen molar-refractivity contribution < 1.29 is 85.2 Å². The molecule has 428 valence electrons. The van der Waals surface area contributed by atoms with Crippen LogP contribution in [0.4, 0.5) is 13.6 Å². The number of hydrogen-bond acceptors (Lipinski definition) is 14. The number of aliphatic hydroxyl groups excluding tert-OH is 2. The number of aliphatic hydroxyl groups is 2. The zero-order valence-electron chi connectivity index (χ0n) is 45.6. The number of halogens is 2. The Labute approximate surface area is 451 Å². The summed E-state index contributed by atoms with van der Waals surface area (Å²) in [5, 5.41) is 26.5. The number of allylic oxidation sites excluding steroid dienone is 4. The van der Waals surface area contributed by atoms with Crippen molar-refractivity contribution in [1.29, 1.82) is 0 Å². The predicted molar refractivity (Wildman–Crippen MR) is 281 cm³/mol. The predicted octanol–water partition coefficient (Wildman–Crippen LogP) is 8.25. The van der Waals surface area contributed by atoms with Crippen molar-refractivity contribution in [3.63, 3.8) is 0 Å². The molecule has 17 nitrogen and oxygen atoms in total. The molecule has 1 aliphatic heterocycles. The highest BCUT2D eigenvalue weighted by molar-refractivity contribution is 7.46. The van der Waals surface area contributed by atoms with Crippen LogP contribution in [0.15, 0.2) is 72.3 Å². The Morgan fingerprint density at radius 3 is 2.36 bits per heavy atom. The molecule has 2 aromatic rings. The van der Waals surface area contributed by atoms with Gasteiger partial charge in [-0.1, -0.05) is 62.2 Å². The number of quaternary nitrogens is 1. The summed E-state index contributed by atoms with van der Waals surface area (Å²) in [6.45, 7) is 12.9. The van der Waals surface area contributed by atoms with E-state index in [1.54, 1.807) is 39.0 Å². The number of ether oxygens (including phenoxy) is 6. The van der Waals surface area contributed by atoms with Gasteiger partial charge in [-0.05, 0) is 139 Å². The molecule has 0 spiro atoms. The minimum atomic E-state index is -4.85. The number of unbranched alkanes of at least 4 members (excludes halogenated alkanes) is 4. The first kappa shape index (κ1) is 60.7. The van der Waals surface area contributed by atoms with Crippen LogP contribution in [0.1, 0.15) is 122 Å². The van der Waals surface area contributed by atoms with Crippen LogP contribution in [0.2, 0.25) is 0 Å². The first-order valence-corrected chi connectivity index (χ1v) is 29.0. The Kier molecular flexibility index (Phi) is 19.9. The minimum Gasteiger partial charge on any atom is -0.466 e. The monoisotopic (exact) mass is 1100 g/mol. The van der Waals surface area contributed by atoms with Gasteiger partial charge in [0.25, 0.3) is 0 Å². The van der Waals surface area contributed by atoms with Crippen molar-refractivity contribution in [3.05, 3.63) is 89.0 Å². The second-order valence-corrected chi connectivity index (χ2v) is 23.8. The van der Waals surface area contributed by atoms with E-state index >= 15 is 8.78 Å². The maximum atomic E-state index is 17.9. The zero-order valence-corrected chi connectivity index (χ0v) is 46.5. The third-order valence-electron chi connectivity index (χ3n) is 17.5. The van der Waals surface area contributed by atoms with E-state index in [1.807, 2.05) is 19.9 Å². The second-order valence-electron chi connectivity index (χ2n) is 22.5. The molecular weight excluding hydrogens is 1020 g/mol. The first-order chi connectivity index (χ1) is 36.5. The van der Waals surface area contributed by atoms with Gasteiger partial charge in [0.15, 0.2) is 36.2 Å². The summed E-state index contributed by atoms with van der Waals surface area (Å²) in [6, 6.07) is 15.5. The quantitative estimate of drug-likeness (QED) is 0.0170. The van der Waals surface area contributed by atoms with Crippen LogP contribution >= 0.6 is 7.82 Å². The average Bonchev–Trinajstić information content (AvgIpc) is 4.08. The number of carbonyl (C=O) groups excluding carboxylic acids is 3. The van der Waals surface area contributed by atoms with Crippen molar-refractivity contribution in [2.75, 3.05) is 65.9 Å². The molecule has 0 amide bonds. The summed E-state index contributed by atoms with van der Waals surface area (Å²) in [4.78, 5) is 58.9. The highest BCUT2D eigenvalue weighted by Crippen LogP contribution is 2.72. The maximum Gasteiger partial charge on any atom is 0.508 e. The van der Waals surface area contributed by atoms with Gasteiger partial charge in [0.1, 0.15) is 31.6 Å². The molecule has 7 rings (SSSR count). The Bertz CT molecular complexity index is 2470. The number of phosphoric ester groups is 1. The SMILES string of the molecule is CC[N+](CC)(CCOC(=O)OCC(=O)[C@@]12OC(C)(C)O[C@@H]1C[C@H]1[C@@H]3C[C@H](F)C4=CC(=O)C=C[C@]4(C)[C@@]3(F)[C@@H](O)C[C@@]12C)Cc1cc(C(O)CNCCCCCCOCCCCc2ccccc2)ccc1OCOP(=O)(O)O. The van der Waals surface area contributed by atoms with E-state index in [0.29, 0.717) is 41.8 Å². The van der Waals surface area contributed by atoms with Crippen LogP contribution in [-0.4, -0.2) is 144 Å². The highest BCUT2D eigenvalue weighted by atomic mass is 31.2. The van der Waals surface area contributed by atoms with Gasteiger partial charge >= 0.3 is 14.0 Å². The molecule has 4 aliphatic carbocycles. The van der Waals surface area contributed by atoms with E-state index in [4.69, 9.17) is 28.4 Å². The molecule has 2 aromatic carbocycles. The van der Waals surface area contributed by atoms with Crippen molar-refractivity contribution in [2.24, 2.45) is 22.7 Å². The molecule has 5 aliphatic rings. The molecule has 1 heterocycles. The number of aryl methyl sites for hydroxylation is 1. The normalized spacial score (nSPS) is 29.7. The maximum absolute atomic E-state index is 17.9. The topological polar surface area (TPSA) is 226 Å². The van der Waals surface area contributed by atoms with Crippen molar-refractivity contribution in [2.45, 2.75) is 154 Å².